The summed E-state index contributed by atoms with van der Waals surface area (Å²) in [6, 6.07) is 9.26. The Hall–Kier alpha value is -0.570. The number of hydrogen-bond acceptors (Lipinski definition) is 2. The van der Waals surface area contributed by atoms with Gasteiger partial charge in [-0.25, -0.2) is 0 Å². The number of rotatable bonds is 6. The van der Waals surface area contributed by atoms with Crippen LogP contribution in [-0.2, 0) is 0 Å². The van der Waals surface area contributed by atoms with E-state index in [0.29, 0.717) is 12.1 Å². The van der Waals surface area contributed by atoms with Crippen molar-refractivity contribution in [2.75, 3.05) is 19.6 Å². The Morgan fingerprint density at radius 2 is 2.00 bits per heavy atom. The summed E-state index contributed by atoms with van der Waals surface area (Å²) in [5.74, 6) is 0.764. The number of likely N-dealkylation sites (tertiary alicyclic amines) is 1. The molecule has 2 rings (SSSR count). The molecule has 1 aliphatic rings. The van der Waals surface area contributed by atoms with Crippen LogP contribution in [0, 0.1) is 5.92 Å². The second-order valence-corrected chi connectivity index (χ2v) is 6.70. The first-order valence-electron chi connectivity index (χ1n) is 8.37. The summed E-state index contributed by atoms with van der Waals surface area (Å²) in [6.07, 6.45) is 3.79. The lowest BCUT2D eigenvalue weighted by Gasteiger charge is -2.37. The Morgan fingerprint density at radius 1 is 1.29 bits per heavy atom. The molecule has 118 valence electrons. The Bertz CT molecular complexity index is 418. The minimum absolute atomic E-state index is 0.425. The summed E-state index contributed by atoms with van der Waals surface area (Å²) >= 11 is 5.99. The number of benzene rings is 1. The molecule has 3 heteroatoms. The van der Waals surface area contributed by atoms with Crippen molar-refractivity contribution in [1.29, 1.82) is 0 Å². The van der Waals surface area contributed by atoms with Crippen molar-refractivity contribution >= 4 is 11.6 Å². The minimum atomic E-state index is 0.425. The van der Waals surface area contributed by atoms with Crippen molar-refractivity contribution < 1.29 is 0 Å². The van der Waals surface area contributed by atoms with Gasteiger partial charge < -0.3 is 10.2 Å². The topological polar surface area (TPSA) is 15.3 Å². The number of hydrogen-bond donors (Lipinski definition) is 1. The highest BCUT2D eigenvalue weighted by Crippen LogP contribution is 2.24. The molecule has 1 saturated heterocycles. The zero-order chi connectivity index (χ0) is 15.2. The fourth-order valence-electron chi connectivity index (χ4n) is 3.38. The van der Waals surface area contributed by atoms with Gasteiger partial charge in [-0.2, -0.15) is 0 Å². The molecule has 3 atom stereocenters. The molecule has 0 bridgehead atoms. The highest BCUT2D eigenvalue weighted by molar-refractivity contribution is 6.30. The molecular formula is C18H29ClN2. The fraction of sp³-hybridized carbons (Fsp3) is 0.667. The van der Waals surface area contributed by atoms with E-state index in [2.05, 4.69) is 43.1 Å². The molecule has 0 amide bonds. The number of piperidine rings is 1. The van der Waals surface area contributed by atoms with Gasteiger partial charge in [-0.05, 0) is 62.9 Å². The molecule has 1 aliphatic heterocycles. The molecule has 1 N–H and O–H groups in total. The molecule has 0 aromatic heterocycles. The molecule has 1 heterocycles. The number of nitrogens with zero attached hydrogens (tertiary/aromatic N) is 1. The monoisotopic (exact) mass is 308 g/mol. The van der Waals surface area contributed by atoms with Crippen LogP contribution in [0.5, 0.6) is 0 Å². The maximum absolute atomic E-state index is 5.99. The van der Waals surface area contributed by atoms with E-state index < -0.39 is 0 Å². The van der Waals surface area contributed by atoms with Gasteiger partial charge in [-0.3, -0.25) is 0 Å². The summed E-state index contributed by atoms with van der Waals surface area (Å²) in [5, 5.41) is 4.66. The number of halogens is 1. The van der Waals surface area contributed by atoms with Crippen LogP contribution in [0.2, 0.25) is 5.02 Å². The first-order chi connectivity index (χ1) is 10.1. The van der Waals surface area contributed by atoms with Crippen LogP contribution in [-0.4, -0.2) is 30.6 Å². The van der Waals surface area contributed by atoms with Crippen molar-refractivity contribution in [3.8, 4) is 0 Å². The molecule has 1 aromatic carbocycles. The lowest BCUT2D eigenvalue weighted by atomic mass is 9.90. The van der Waals surface area contributed by atoms with E-state index in [1.165, 1.54) is 38.0 Å². The maximum Gasteiger partial charge on any atom is 0.0406 e. The van der Waals surface area contributed by atoms with Crippen LogP contribution in [0.3, 0.4) is 0 Å². The van der Waals surface area contributed by atoms with Crippen molar-refractivity contribution in [2.45, 2.75) is 52.1 Å². The molecule has 21 heavy (non-hydrogen) atoms. The standard InChI is InChI=1S/C18H29ClN2/c1-4-18(15-8-10-17(19)11-9-15)20-14(3)16-7-6-12-21(5-2)13-16/h8-11,14,16,18,20H,4-7,12-13H2,1-3H3. The summed E-state index contributed by atoms with van der Waals surface area (Å²) in [6.45, 7) is 10.6. The normalized spacial score (nSPS) is 23.0. The van der Waals surface area contributed by atoms with Crippen molar-refractivity contribution in [1.82, 2.24) is 10.2 Å². The molecule has 0 spiro atoms. The predicted octanol–water partition coefficient (Wildman–Crippen LogP) is 4.50. The molecule has 3 unspecified atom stereocenters. The van der Waals surface area contributed by atoms with E-state index in [1.807, 2.05) is 12.1 Å². The van der Waals surface area contributed by atoms with Crippen LogP contribution in [0.15, 0.2) is 24.3 Å². The Balaban J connectivity index is 1.95. The van der Waals surface area contributed by atoms with Gasteiger partial charge in [-0.1, -0.05) is 37.6 Å². The summed E-state index contributed by atoms with van der Waals surface area (Å²) in [5.41, 5.74) is 1.34. The molecule has 2 nitrogen and oxygen atoms in total. The summed E-state index contributed by atoms with van der Waals surface area (Å²) in [4.78, 5) is 2.58. The highest BCUT2D eigenvalue weighted by atomic mass is 35.5. The van der Waals surface area contributed by atoms with Crippen LogP contribution in [0.4, 0.5) is 0 Å². The predicted molar refractivity (Wildman–Crippen MR) is 91.9 cm³/mol. The van der Waals surface area contributed by atoms with E-state index >= 15 is 0 Å². The molecule has 1 aromatic rings. The van der Waals surface area contributed by atoms with Crippen molar-refractivity contribution in [3.05, 3.63) is 34.9 Å². The van der Waals surface area contributed by atoms with E-state index in [9.17, 15) is 0 Å². The van der Waals surface area contributed by atoms with Gasteiger partial charge in [0.05, 0.1) is 0 Å². The average Bonchev–Trinajstić information content (AvgIpc) is 2.53. The molecule has 0 aliphatic carbocycles. The zero-order valence-electron chi connectivity index (χ0n) is 13.6. The van der Waals surface area contributed by atoms with Crippen LogP contribution in [0.25, 0.3) is 0 Å². The molecule has 0 radical (unpaired) electrons. The van der Waals surface area contributed by atoms with Crippen LogP contribution < -0.4 is 5.32 Å². The van der Waals surface area contributed by atoms with Crippen molar-refractivity contribution in [3.63, 3.8) is 0 Å². The van der Waals surface area contributed by atoms with Gasteiger partial charge in [0.15, 0.2) is 0 Å². The van der Waals surface area contributed by atoms with Gasteiger partial charge in [0.2, 0.25) is 0 Å². The Labute approximate surface area is 134 Å². The van der Waals surface area contributed by atoms with Crippen LogP contribution >= 0.6 is 11.6 Å². The maximum atomic E-state index is 5.99. The largest absolute Gasteiger partial charge is 0.307 e. The smallest absolute Gasteiger partial charge is 0.0406 e. The third-order valence-electron chi connectivity index (χ3n) is 4.84. The Kier molecular flexibility index (Phi) is 6.53. The van der Waals surface area contributed by atoms with Gasteiger partial charge in [0, 0.05) is 23.7 Å². The average molecular weight is 309 g/mol. The lowest BCUT2D eigenvalue weighted by Crippen LogP contribution is -2.45. The van der Waals surface area contributed by atoms with E-state index in [1.54, 1.807) is 0 Å². The van der Waals surface area contributed by atoms with E-state index in [4.69, 9.17) is 11.6 Å². The first-order valence-corrected chi connectivity index (χ1v) is 8.75. The van der Waals surface area contributed by atoms with E-state index in [-0.39, 0.29) is 0 Å². The van der Waals surface area contributed by atoms with E-state index in [0.717, 1.165) is 17.4 Å². The quantitative estimate of drug-likeness (QED) is 0.832. The minimum Gasteiger partial charge on any atom is -0.307 e. The van der Waals surface area contributed by atoms with Gasteiger partial charge >= 0.3 is 0 Å². The summed E-state index contributed by atoms with van der Waals surface area (Å²) in [7, 11) is 0. The van der Waals surface area contributed by atoms with Crippen LogP contribution in [0.1, 0.15) is 51.6 Å². The summed E-state index contributed by atoms with van der Waals surface area (Å²) < 4.78 is 0. The first kappa shape index (κ1) is 16.8. The second-order valence-electron chi connectivity index (χ2n) is 6.26. The molecular weight excluding hydrogens is 280 g/mol. The number of nitrogens with one attached hydrogen (secondary N) is 1. The molecule has 0 saturated carbocycles. The van der Waals surface area contributed by atoms with Gasteiger partial charge in [-0.15, -0.1) is 0 Å². The van der Waals surface area contributed by atoms with Crippen molar-refractivity contribution in [2.24, 2.45) is 5.92 Å². The third kappa shape index (κ3) is 4.70. The van der Waals surface area contributed by atoms with Gasteiger partial charge in [0.1, 0.15) is 0 Å². The second kappa shape index (κ2) is 8.17. The fourth-order valence-corrected chi connectivity index (χ4v) is 3.51. The Morgan fingerprint density at radius 3 is 2.62 bits per heavy atom. The van der Waals surface area contributed by atoms with Gasteiger partial charge in [0.25, 0.3) is 0 Å². The third-order valence-corrected chi connectivity index (χ3v) is 5.09. The lowest BCUT2D eigenvalue weighted by molar-refractivity contribution is 0.152. The molecule has 1 fully saturated rings. The zero-order valence-corrected chi connectivity index (χ0v) is 14.4. The SMILES string of the molecule is CCC(NC(C)C1CCCN(CC)C1)c1ccc(Cl)cc1. The highest BCUT2D eigenvalue weighted by Gasteiger charge is 2.25.